The number of sulfonamides is 1. The Morgan fingerprint density at radius 2 is 1.72 bits per heavy atom. The Balaban J connectivity index is 1.35. The highest BCUT2D eigenvalue weighted by Crippen LogP contribution is 2.28. The standard InChI is InChI=1S/C28H39N3O4S/c1-21-14-18-30(19-15-21)25-9-6-23(7-10-25)22(2)29-28(32)13-8-24-20-26(11-12-27(24)35-3)36(33,34)31-16-4-5-17-31/h6-7,9-12,20-22H,4-5,8,13-19H2,1-3H3,(H,29,32)/t22-/m0/s1. The van der Waals surface area contributed by atoms with Gasteiger partial charge in [0.05, 0.1) is 18.0 Å². The van der Waals surface area contributed by atoms with Gasteiger partial charge in [-0.05, 0) is 86.4 Å². The number of carbonyl (C=O) groups is 1. The van der Waals surface area contributed by atoms with Crippen molar-refractivity contribution in [1.29, 1.82) is 0 Å². The Labute approximate surface area is 215 Å². The molecule has 0 aromatic heterocycles. The predicted molar refractivity (Wildman–Crippen MR) is 143 cm³/mol. The number of nitrogens with zero attached hydrogens (tertiary/aromatic N) is 2. The molecule has 1 amide bonds. The molecule has 4 rings (SSSR count). The molecule has 196 valence electrons. The molecule has 2 heterocycles. The molecule has 2 fully saturated rings. The van der Waals surface area contributed by atoms with E-state index in [4.69, 9.17) is 4.74 Å². The zero-order valence-electron chi connectivity index (χ0n) is 21.7. The first kappa shape index (κ1) is 26.5. The van der Waals surface area contributed by atoms with Crippen LogP contribution < -0.4 is 15.0 Å². The van der Waals surface area contributed by atoms with Crippen LogP contribution in [0.5, 0.6) is 5.75 Å². The fraction of sp³-hybridized carbons (Fsp3) is 0.536. The van der Waals surface area contributed by atoms with E-state index < -0.39 is 10.0 Å². The lowest BCUT2D eigenvalue weighted by molar-refractivity contribution is -0.121. The highest BCUT2D eigenvalue weighted by molar-refractivity contribution is 7.89. The molecule has 0 aliphatic carbocycles. The topological polar surface area (TPSA) is 79.0 Å². The molecule has 8 heteroatoms. The number of piperidine rings is 1. The van der Waals surface area contributed by atoms with E-state index in [0.717, 1.165) is 43.0 Å². The van der Waals surface area contributed by atoms with Crippen LogP contribution in [0.3, 0.4) is 0 Å². The van der Waals surface area contributed by atoms with E-state index in [0.29, 0.717) is 25.3 Å². The van der Waals surface area contributed by atoms with E-state index in [1.165, 1.54) is 22.8 Å². The number of hydrogen-bond donors (Lipinski definition) is 1. The van der Waals surface area contributed by atoms with Gasteiger partial charge in [0.15, 0.2) is 0 Å². The number of hydrogen-bond acceptors (Lipinski definition) is 5. The minimum absolute atomic E-state index is 0.0774. The lowest BCUT2D eigenvalue weighted by atomic mass is 9.98. The van der Waals surface area contributed by atoms with Gasteiger partial charge >= 0.3 is 0 Å². The summed E-state index contributed by atoms with van der Waals surface area (Å²) in [6.07, 6.45) is 4.88. The number of carbonyl (C=O) groups excluding carboxylic acids is 1. The molecular weight excluding hydrogens is 474 g/mol. The van der Waals surface area contributed by atoms with Crippen molar-refractivity contribution in [3.8, 4) is 5.75 Å². The van der Waals surface area contributed by atoms with Crippen LogP contribution in [-0.2, 0) is 21.2 Å². The molecule has 2 aromatic rings. The molecule has 36 heavy (non-hydrogen) atoms. The highest BCUT2D eigenvalue weighted by Gasteiger charge is 2.28. The third-order valence-electron chi connectivity index (χ3n) is 7.50. The van der Waals surface area contributed by atoms with Crippen LogP contribution in [0.4, 0.5) is 5.69 Å². The molecule has 1 N–H and O–H groups in total. The average molecular weight is 514 g/mol. The Hall–Kier alpha value is -2.58. The third kappa shape index (κ3) is 6.21. The Morgan fingerprint density at radius 1 is 1.06 bits per heavy atom. The number of methoxy groups -OCH3 is 1. The Kier molecular flexibility index (Phi) is 8.57. The second-order valence-electron chi connectivity index (χ2n) is 10.1. The molecule has 0 bridgehead atoms. The van der Waals surface area contributed by atoms with Gasteiger partial charge in [-0.25, -0.2) is 8.42 Å². The highest BCUT2D eigenvalue weighted by atomic mass is 32.2. The third-order valence-corrected chi connectivity index (χ3v) is 9.39. The quantitative estimate of drug-likeness (QED) is 0.533. The summed E-state index contributed by atoms with van der Waals surface area (Å²) >= 11 is 0. The first-order valence-electron chi connectivity index (χ1n) is 13.1. The fourth-order valence-electron chi connectivity index (χ4n) is 5.07. The maximum absolute atomic E-state index is 13.0. The molecule has 2 aliphatic rings. The molecule has 0 spiro atoms. The minimum Gasteiger partial charge on any atom is -0.496 e. The van der Waals surface area contributed by atoms with Gasteiger partial charge in [-0.15, -0.1) is 0 Å². The lowest BCUT2D eigenvalue weighted by Crippen LogP contribution is -2.32. The monoisotopic (exact) mass is 513 g/mol. The van der Waals surface area contributed by atoms with Gasteiger partial charge in [-0.1, -0.05) is 19.1 Å². The zero-order chi connectivity index (χ0) is 25.7. The molecule has 0 saturated carbocycles. The Bertz CT molecular complexity index is 1140. The first-order chi connectivity index (χ1) is 17.3. The van der Waals surface area contributed by atoms with Crippen LogP contribution in [0.2, 0.25) is 0 Å². The van der Waals surface area contributed by atoms with Crippen LogP contribution in [0, 0.1) is 5.92 Å². The summed E-state index contributed by atoms with van der Waals surface area (Å²) in [4.78, 5) is 15.4. The molecule has 0 unspecified atom stereocenters. The number of anilines is 1. The van der Waals surface area contributed by atoms with Gasteiger partial charge in [0.2, 0.25) is 15.9 Å². The van der Waals surface area contributed by atoms with Crippen molar-refractivity contribution in [2.45, 2.75) is 63.3 Å². The molecule has 2 saturated heterocycles. The molecular formula is C28H39N3O4S. The predicted octanol–water partition coefficient (Wildman–Crippen LogP) is 4.53. The van der Waals surface area contributed by atoms with Gasteiger partial charge in [-0.3, -0.25) is 4.79 Å². The SMILES string of the molecule is COc1ccc(S(=O)(=O)N2CCCC2)cc1CCC(=O)N[C@@H](C)c1ccc(N2CCC(C)CC2)cc1. The fourth-order valence-corrected chi connectivity index (χ4v) is 6.64. The normalized spacial score (nSPS) is 18.2. The maximum atomic E-state index is 13.0. The van der Waals surface area contributed by atoms with Crippen molar-refractivity contribution >= 4 is 21.6 Å². The molecule has 2 aliphatic heterocycles. The van der Waals surface area contributed by atoms with Gasteiger partial charge < -0.3 is 15.0 Å². The summed E-state index contributed by atoms with van der Waals surface area (Å²) in [5, 5.41) is 3.08. The van der Waals surface area contributed by atoms with Crippen LogP contribution in [0.1, 0.15) is 63.1 Å². The van der Waals surface area contributed by atoms with Crippen molar-refractivity contribution < 1.29 is 17.9 Å². The smallest absolute Gasteiger partial charge is 0.243 e. The number of nitrogens with one attached hydrogen (secondary N) is 1. The van der Waals surface area contributed by atoms with Gasteiger partial charge in [0.1, 0.15) is 5.75 Å². The summed E-state index contributed by atoms with van der Waals surface area (Å²) in [7, 11) is -1.96. The number of rotatable bonds is 9. The molecule has 2 aromatic carbocycles. The molecule has 7 nitrogen and oxygen atoms in total. The van der Waals surface area contributed by atoms with Crippen LogP contribution in [0.25, 0.3) is 0 Å². The van der Waals surface area contributed by atoms with Crippen molar-refractivity contribution in [1.82, 2.24) is 9.62 Å². The van der Waals surface area contributed by atoms with E-state index in [1.54, 1.807) is 25.3 Å². The van der Waals surface area contributed by atoms with Gasteiger partial charge in [0, 0.05) is 38.3 Å². The summed E-state index contributed by atoms with van der Waals surface area (Å²) in [6.45, 7) is 7.60. The summed E-state index contributed by atoms with van der Waals surface area (Å²) in [5.74, 6) is 1.32. The molecule has 0 radical (unpaired) electrons. The maximum Gasteiger partial charge on any atom is 0.243 e. The second kappa shape index (κ2) is 11.6. The van der Waals surface area contributed by atoms with E-state index in [9.17, 15) is 13.2 Å². The zero-order valence-corrected chi connectivity index (χ0v) is 22.5. The van der Waals surface area contributed by atoms with Gasteiger partial charge in [-0.2, -0.15) is 4.31 Å². The van der Waals surface area contributed by atoms with E-state index in [-0.39, 0.29) is 23.3 Å². The number of amides is 1. The number of aryl methyl sites for hydroxylation is 1. The van der Waals surface area contributed by atoms with E-state index in [2.05, 4.69) is 41.4 Å². The van der Waals surface area contributed by atoms with Crippen molar-refractivity contribution in [2.24, 2.45) is 5.92 Å². The van der Waals surface area contributed by atoms with Gasteiger partial charge in [0.25, 0.3) is 0 Å². The summed E-state index contributed by atoms with van der Waals surface area (Å²) < 4.78 is 32.9. The second-order valence-corrected chi connectivity index (χ2v) is 12.1. The van der Waals surface area contributed by atoms with E-state index in [1.807, 2.05) is 6.92 Å². The van der Waals surface area contributed by atoms with Crippen molar-refractivity contribution in [3.63, 3.8) is 0 Å². The summed E-state index contributed by atoms with van der Waals surface area (Å²) in [5.41, 5.74) is 3.02. The van der Waals surface area contributed by atoms with Crippen LogP contribution in [-0.4, -0.2) is 51.9 Å². The van der Waals surface area contributed by atoms with Crippen molar-refractivity contribution in [2.75, 3.05) is 38.2 Å². The minimum atomic E-state index is -3.52. The summed E-state index contributed by atoms with van der Waals surface area (Å²) in [6, 6.07) is 13.3. The number of benzene rings is 2. The Morgan fingerprint density at radius 3 is 2.36 bits per heavy atom. The van der Waals surface area contributed by atoms with Crippen LogP contribution in [0.15, 0.2) is 47.4 Å². The largest absolute Gasteiger partial charge is 0.496 e. The van der Waals surface area contributed by atoms with Crippen LogP contribution >= 0.6 is 0 Å². The number of ether oxygens (including phenoxy) is 1. The average Bonchev–Trinajstić information content (AvgIpc) is 3.44. The molecule has 1 atom stereocenters. The van der Waals surface area contributed by atoms with Crippen molar-refractivity contribution in [3.05, 3.63) is 53.6 Å². The first-order valence-corrected chi connectivity index (χ1v) is 14.5. The van der Waals surface area contributed by atoms with E-state index >= 15 is 0 Å². The lowest BCUT2D eigenvalue weighted by Gasteiger charge is -2.32.